The van der Waals surface area contributed by atoms with Crippen molar-refractivity contribution in [2.75, 3.05) is 13.1 Å². The minimum Gasteiger partial charge on any atom is -0.310 e. The van der Waals surface area contributed by atoms with Crippen LogP contribution in [0.15, 0.2) is 60.7 Å². The van der Waals surface area contributed by atoms with Crippen LogP contribution in [-0.2, 0) is 13.1 Å². The molecule has 0 atom stereocenters. The van der Waals surface area contributed by atoms with E-state index in [0.29, 0.717) is 6.04 Å². The topological polar surface area (TPSA) is 15.3 Å². The van der Waals surface area contributed by atoms with Gasteiger partial charge < -0.3 is 5.32 Å². The van der Waals surface area contributed by atoms with E-state index in [1.165, 1.54) is 37.1 Å². The maximum atomic E-state index is 3.70. The lowest BCUT2D eigenvalue weighted by molar-refractivity contribution is 0.190. The van der Waals surface area contributed by atoms with E-state index < -0.39 is 0 Å². The second-order valence-corrected chi connectivity index (χ2v) is 5.90. The number of nitrogens with zero attached hydrogens (tertiary/aromatic N) is 1. The second-order valence-electron chi connectivity index (χ2n) is 5.90. The Hall–Kier alpha value is -1.64. The van der Waals surface area contributed by atoms with Crippen LogP contribution >= 0.6 is 0 Å². The van der Waals surface area contributed by atoms with E-state index >= 15 is 0 Å². The largest absolute Gasteiger partial charge is 0.310 e. The molecule has 0 bridgehead atoms. The van der Waals surface area contributed by atoms with Crippen LogP contribution < -0.4 is 5.32 Å². The van der Waals surface area contributed by atoms with E-state index in [1.54, 1.807) is 0 Å². The van der Waals surface area contributed by atoms with Gasteiger partial charge >= 0.3 is 0 Å². The van der Waals surface area contributed by atoms with Gasteiger partial charge in [0.1, 0.15) is 0 Å². The SMILES string of the molecule is c1ccc(CNC2CCN(Cc3ccccc3)CC2)cc1. The van der Waals surface area contributed by atoms with Crippen molar-refractivity contribution in [1.82, 2.24) is 10.2 Å². The van der Waals surface area contributed by atoms with E-state index in [4.69, 9.17) is 0 Å². The molecule has 0 amide bonds. The molecule has 1 aliphatic rings. The van der Waals surface area contributed by atoms with Crippen LogP contribution in [0.3, 0.4) is 0 Å². The number of hydrogen-bond acceptors (Lipinski definition) is 2. The zero-order chi connectivity index (χ0) is 14.3. The van der Waals surface area contributed by atoms with Crippen LogP contribution in [0.4, 0.5) is 0 Å². The van der Waals surface area contributed by atoms with E-state index in [0.717, 1.165) is 13.1 Å². The number of rotatable bonds is 5. The standard InChI is InChI=1S/C19H24N2/c1-3-7-17(8-4-1)15-20-19-11-13-21(14-12-19)16-18-9-5-2-6-10-18/h1-10,19-20H,11-16H2. The number of likely N-dealkylation sites (tertiary alicyclic amines) is 1. The van der Waals surface area contributed by atoms with Crippen LogP contribution in [0, 0.1) is 0 Å². The fourth-order valence-electron chi connectivity index (χ4n) is 2.99. The summed E-state index contributed by atoms with van der Waals surface area (Å²) in [5.41, 5.74) is 2.80. The second kappa shape index (κ2) is 7.39. The molecule has 0 saturated carbocycles. The van der Waals surface area contributed by atoms with Gasteiger partial charge in [0.25, 0.3) is 0 Å². The van der Waals surface area contributed by atoms with Gasteiger partial charge in [0.2, 0.25) is 0 Å². The highest BCUT2D eigenvalue weighted by Gasteiger charge is 2.18. The Morgan fingerprint density at radius 3 is 2.00 bits per heavy atom. The molecule has 21 heavy (non-hydrogen) atoms. The van der Waals surface area contributed by atoms with Crippen molar-refractivity contribution in [3.63, 3.8) is 0 Å². The molecule has 2 aromatic carbocycles. The number of piperidine rings is 1. The fourth-order valence-corrected chi connectivity index (χ4v) is 2.99. The zero-order valence-electron chi connectivity index (χ0n) is 12.5. The highest BCUT2D eigenvalue weighted by Crippen LogP contribution is 2.14. The molecule has 0 aliphatic carbocycles. The lowest BCUT2D eigenvalue weighted by Gasteiger charge is -2.32. The first-order valence-corrected chi connectivity index (χ1v) is 7.94. The maximum absolute atomic E-state index is 3.70. The molecule has 1 saturated heterocycles. The number of benzene rings is 2. The molecule has 0 aromatic heterocycles. The quantitative estimate of drug-likeness (QED) is 0.902. The summed E-state index contributed by atoms with van der Waals surface area (Å²) in [4.78, 5) is 2.57. The molecule has 1 N–H and O–H groups in total. The third-order valence-electron chi connectivity index (χ3n) is 4.27. The Kier molecular flexibility index (Phi) is 5.03. The van der Waals surface area contributed by atoms with Gasteiger partial charge in [0.15, 0.2) is 0 Å². The summed E-state index contributed by atoms with van der Waals surface area (Å²) >= 11 is 0. The normalized spacial score (nSPS) is 17.0. The third-order valence-corrected chi connectivity index (χ3v) is 4.27. The molecule has 0 unspecified atom stereocenters. The number of nitrogens with one attached hydrogen (secondary N) is 1. The molecule has 2 aromatic rings. The van der Waals surface area contributed by atoms with Gasteiger partial charge in [-0.2, -0.15) is 0 Å². The first-order chi connectivity index (χ1) is 10.4. The molecule has 2 heteroatoms. The molecular formula is C19H24N2. The minimum absolute atomic E-state index is 0.664. The molecule has 0 spiro atoms. The molecule has 2 nitrogen and oxygen atoms in total. The molecular weight excluding hydrogens is 256 g/mol. The van der Waals surface area contributed by atoms with Crippen LogP contribution in [0.2, 0.25) is 0 Å². The maximum Gasteiger partial charge on any atom is 0.0233 e. The summed E-state index contributed by atoms with van der Waals surface area (Å²) in [6.07, 6.45) is 2.50. The van der Waals surface area contributed by atoms with Crippen molar-refractivity contribution in [1.29, 1.82) is 0 Å². The molecule has 1 fully saturated rings. The van der Waals surface area contributed by atoms with E-state index in [9.17, 15) is 0 Å². The summed E-state index contributed by atoms with van der Waals surface area (Å²) in [6, 6.07) is 22.1. The molecule has 0 radical (unpaired) electrons. The Balaban J connectivity index is 1.41. The summed E-state index contributed by atoms with van der Waals surface area (Å²) in [7, 11) is 0. The Bertz CT molecular complexity index is 516. The lowest BCUT2D eigenvalue weighted by Crippen LogP contribution is -2.41. The van der Waals surface area contributed by atoms with Gasteiger partial charge in [-0.05, 0) is 37.1 Å². The van der Waals surface area contributed by atoms with E-state index in [1.807, 2.05) is 0 Å². The van der Waals surface area contributed by atoms with Crippen LogP contribution in [0.25, 0.3) is 0 Å². The smallest absolute Gasteiger partial charge is 0.0233 e. The van der Waals surface area contributed by atoms with Gasteiger partial charge in [-0.15, -0.1) is 0 Å². The van der Waals surface area contributed by atoms with E-state index in [2.05, 4.69) is 70.9 Å². The first-order valence-electron chi connectivity index (χ1n) is 7.94. The molecule has 1 heterocycles. The van der Waals surface area contributed by atoms with Crippen molar-refractivity contribution in [3.05, 3.63) is 71.8 Å². The van der Waals surface area contributed by atoms with Gasteiger partial charge in [-0.1, -0.05) is 60.7 Å². The van der Waals surface area contributed by atoms with Gasteiger partial charge in [-0.3, -0.25) is 4.90 Å². The molecule has 1 aliphatic heterocycles. The Labute approximate surface area is 127 Å². The summed E-state index contributed by atoms with van der Waals surface area (Å²) < 4.78 is 0. The Morgan fingerprint density at radius 2 is 1.38 bits per heavy atom. The minimum atomic E-state index is 0.664. The third kappa shape index (κ3) is 4.42. The van der Waals surface area contributed by atoms with Crippen molar-refractivity contribution in [2.45, 2.75) is 32.0 Å². The fraction of sp³-hybridized carbons (Fsp3) is 0.368. The number of hydrogen-bond donors (Lipinski definition) is 1. The van der Waals surface area contributed by atoms with E-state index in [-0.39, 0.29) is 0 Å². The predicted molar refractivity (Wildman–Crippen MR) is 88.0 cm³/mol. The van der Waals surface area contributed by atoms with Crippen molar-refractivity contribution < 1.29 is 0 Å². The van der Waals surface area contributed by atoms with Crippen molar-refractivity contribution in [3.8, 4) is 0 Å². The van der Waals surface area contributed by atoms with Crippen LogP contribution in [0.5, 0.6) is 0 Å². The Morgan fingerprint density at radius 1 is 0.810 bits per heavy atom. The summed E-state index contributed by atoms with van der Waals surface area (Å²) in [5, 5.41) is 3.70. The van der Waals surface area contributed by atoms with Crippen molar-refractivity contribution >= 4 is 0 Å². The monoisotopic (exact) mass is 280 g/mol. The zero-order valence-corrected chi connectivity index (χ0v) is 12.5. The lowest BCUT2D eigenvalue weighted by atomic mass is 10.0. The highest BCUT2D eigenvalue weighted by atomic mass is 15.1. The average Bonchev–Trinajstić information content (AvgIpc) is 2.56. The molecule has 3 rings (SSSR count). The highest BCUT2D eigenvalue weighted by molar-refractivity contribution is 5.15. The van der Waals surface area contributed by atoms with Gasteiger partial charge in [0.05, 0.1) is 0 Å². The van der Waals surface area contributed by atoms with Gasteiger partial charge in [-0.25, -0.2) is 0 Å². The van der Waals surface area contributed by atoms with Crippen LogP contribution in [0.1, 0.15) is 24.0 Å². The van der Waals surface area contributed by atoms with Crippen LogP contribution in [-0.4, -0.2) is 24.0 Å². The summed E-state index contributed by atoms with van der Waals surface area (Å²) in [6.45, 7) is 4.47. The predicted octanol–water partition coefficient (Wildman–Crippen LogP) is 3.44. The van der Waals surface area contributed by atoms with Crippen molar-refractivity contribution in [2.24, 2.45) is 0 Å². The molecule has 110 valence electrons. The first kappa shape index (κ1) is 14.3. The van der Waals surface area contributed by atoms with Gasteiger partial charge in [0, 0.05) is 19.1 Å². The average molecular weight is 280 g/mol. The summed E-state index contributed by atoms with van der Waals surface area (Å²) in [5.74, 6) is 0.